The summed E-state index contributed by atoms with van der Waals surface area (Å²) in [7, 11) is 0. The second kappa shape index (κ2) is 7.88. The van der Waals surface area contributed by atoms with Crippen LogP contribution in [0.5, 0.6) is 0 Å². The zero-order chi connectivity index (χ0) is 18.8. The van der Waals surface area contributed by atoms with Crippen molar-refractivity contribution >= 4 is 23.6 Å². The first-order valence-corrected chi connectivity index (χ1v) is 10.2. The van der Waals surface area contributed by atoms with Crippen LogP contribution >= 0.6 is 0 Å². The molecule has 4 rings (SSSR count). The fourth-order valence-electron chi connectivity index (χ4n) is 4.35. The van der Waals surface area contributed by atoms with Crippen molar-refractivity contribution in [2.24, 2.45) is 0 Å². The maximum atomic E-state index is 11.1. The Bertz CT molecular complexity index is 638. The number of aromatic nitrogens is 2. The third-order valence-electron chi connectivity index (χ3n) is 5.93. The van der Waals surface area contributed by atoms with Crippen molar-refractivity contribution in [2.45, 2.75) is 38.6 Å². The number of nitrogens with zero attached hydrogens (tertiary/aromatic N) is 6. The molecule has 0 spiro atoms. The Hall–Kier alpha value is -2.09. The highest BCUT2D eigenvalue weighted by Gasteiger charge is 2.28. The molecular weight excluding hydrogens is 344 g/mol. The standard InChI is InChI=1S/C19H30N6O2/c1-15-13-25(11-10-24(15)14-18(26)27)17-12-16(22-6-2-3-7-22)20-19(21-17)23-8-4-5-9-23/h12,15H,2-11,13-14H2,1H3,(H,26,27). The Balaban J connectivity index is 1.56. The lowest BCUT2D eigenvalue weighted by Crippen LogP contribution is -2.53. The van der Waals surface area contributed by atoms with E-state index in [0.29, 0.717) is 0 Å². The number of rotatable bonds is 5. The number of hydrogen-bond acceptors (Lipinski definition) is 7. The van der Waals surface area contributed by atoms with Gasteiger partial charge in [0.15, 0.2) is 0 Å². The molecule has 1 unspecified atom stereocenters. The number of aliphatic carboxylic acids is 1. The van der Waals surface area contributed by atoms with E-state index in [2.05, 4.69) is 27.7 Å². The van der Waals surface area contributed by atoms with Crippen LogP contribution in [0.15, 0.2) is 6.07 Å². The molecule has 0 aromatic carbocycles. The van der Waals surface area contributed by atoms with Crippen LogP contribution in [0.1, 0.15) is 32.6 Å². The fraction of sp³-hybridized carbons (Fsp3) is 0.737. The third-order valence-corrected chi connectivity index (χ3v) is 5.93. The van der Waals surface area contributed by atoms with E-state index in [-0.39, 0.29) is 12.6 Å². The van der Waals surface area contributed by atoms with Crippen LogP contribution in [0.3, 0.4) is 0 Å². The smallest absolute Gasteiger partial charge is 0.317 e. The minimum absolute atomic E-state index is 0.108. The van der Waals surface area contributed by atoms with Crippen molar-refractivity contribution in [3.63, 3.8) is 0 Å². The molecule has 0 amide bonds. The molecule has 27 heavy (non-hydrogen) atoms. The summed E-state index contributed by atoms with van der Waals surface area (Å²) >= 11 is 0. The van der Waals surface area contributed by atoms with E-state index < -0.39 is 5.97 Å². The highest BCUT2D eigenvalue weighted by atomic mass is 16.4. The quantitative estimate of drug-likeness (QED) is 0.826. The maximum absolute atomic E-state index is 11.1. The molecule has 3 fully saturated rings. The molecule has 8 nitrogen and oxygen atoms in total. The van der Waals surface area contributed by atoms with E-state index >= 15 is 0 Å². The summed E-state index contributed by atoms with van der Waals surface area (Å²) in [6.45, 7) is 8.75. The predicted molar refractivity (Wildman–Crippen MR) is 106 cm³/mol. The monoisotopic (exact) mass is 374 g/mol. The van der Waals surface area contributed by atoms with Gasteiger partial charge in [0.1, 0.15) is 11.6 Å². The molecule has 1 aromatic rings. The lowest BCUT2D eigenvalue weighted by molar-refractivity contribution is -0.138. The number of carboxylic acid groups (broad SMARTS) is 1. The van der Waals surface area contributed by atoms with E-state index in [4.69, 9.17) is 15.1 Å². The first-order valence-electron chi connectivity index (χ1n) is 10.2. The Morgan fingerprint density at radius 3 is 2.15 bits per heavy atom. The van der Waals surface area contributed by atoms with Gasteiger partial charge in [0.05, 0.1) is 6.54 Å². The van der Waals surface area contributed by atoms with Crippen LogP contribution < -0.4 is 14.7 Å². The van der Waals surface area contributed by atoms with Crippen LogP contribution in [-0.2, 0) is 4.79 Å². The molecule has 3 aliphatic rings. The van der Waals surface area contributed by atoms with Gasteiger partial charge in [-0.05, 0) is 32.6 Å². The molecule has 1 atom stereocenters. The van der Waals surface area contributed by atoms with Gasteiger partial charge in [-0.1, -0.05) is 0 Å². The number of carbonyl (C=O) groups is 1. The van der Waals surface area contributed by atoms with Crippen LogP contribution in [0.4, 0.5) is 17.6 Å². The van der Waals surface area contributed by atoms with Crippen LogP contribution in [0.25, 0.3) is 0 Å². The van der Waals surface area contributed by atoms with Gasteiger partial charge in [-0.3, -0.25) is 9.69 Å². The summed E-state index contributed by atoms with van der Waals surface area (Å²) in [6, 6.07) is 2.32. The number of hydrogen-bond donors (Lipinski definition) is 1. The van der Waals surface area contributed by atoms with Gasteiger partial charge in [-0.25, -0.2) is 0 Å². The maximum Gasteiger partial charge on any atom is 0.317 e. The Labute approximate surface area is 160 Å². The van der Waals surface area contributed by atoms with Gasteiger partial charge in [0.2, 0.25) is 5.95 Å². The summed E-state index contributed by atoms with van der Waals surface area (Å²) < 4.78 is 0. The molecule has 4 heterocycles. The molecule has 0 bridgehead atoms. The van der Waals surface area contributed by atoms with Gasteiger partial charge in [-0.2, -0.15) is 9.97 Å². The zero-order valence-corrected chi connectivity index (χ0v) is 16.2. The van der Waals surface area contributed by atoms with E-state index in [0.717, 1.165) is 63.4 Å². The second-order valence-electron chi connectivity index (χ2n) is 7.93. The Kier molecular flexibility index (Phi) is 5.33. The molecule has 0 aliphatic carbocycles. The first-order chi connectivity index (χ1) is 13.1. The minimum Gasteiger partial charge on any atom is -0.480 e. The summed E-state index contributed by atoms with van der Waals surface area (Å²) in [4.78, 5) is 29.9. The van der Waals surface area contributed by atoms with E-state index in [1.807, 2.05) is 4.90 Å². The average molecular weight is 374 g/mol. The molecule has 8 heteroatoms. The van der Waals surface area contributed by atoms with Crippen molar-refractivity contribution < 1.29 is 9.90 Å². The topological polar surface area (TPSA) is 76.0 Å². The minimum atomic E-state index is -0.759. The molecule has 3 saturated heterocycles. The molecule has 0 saturated carbocycles. The number of anilines is 3. The van der Waals surface area contributed by atoms with Crippen molar-refractivity contribution in [2.75, 3.05) is 67.1 Å². The molecule has 148 valence electrons. The highest BCUT2D eigenvalue weighted by molar-refractivity contribution is 5.69. The second-order valence-corrected chi connectivity index (χ2v) is 7.93. The zero-order valence-electron chi connectivity index (χ0n) is 16.2. The summed E-state index contributed by atoms with van der Waals surface area (Å²) in [5, 5.41) is 9.09. The van der Waals surface area contributed by atoms with E-state index in [1.54, 1.807) is 0 Å². The van der Waals surface area contributed by atoms with Gasteiger partial charge < -0.3 is 19.8 Å². The Morgan fingerprint density at radius 2 is 1.56 bits per heavy atom. The average Bonchev–Trinajstić information content (AvgIpc) is 3.37. The number of carboxylic acids is 1. The summed E-state index contributed by atoms with van der Waals surface area (Å²) in [6.07, 6.45) is 4.86. The lowest BCUT2D eigenvalue weighted by Gasteiger charge is -2.40. The normalized spacial score (nSPS) is 24.0. The van der Waals surface area contributed by atoms with Gasteiger partial charge in [0, 0.05) is 57.9 Å². The van der Waals surface area contributed by atoms with Crippen molar-refractivity contribution in [3.05, 3.63) is 6.07 Å². The molecule has 1 aromatic heterocycles. The fourth-order valence-corrected chi connectivity index (χ4v) is 4.35. The van der Waals surface area contributed by atoms with Crippen molar-refractivity contribution in [1.29, 1.82) is 0 Å². The lowest BCUT2D eigenvalue weighted by atomic mass is 10.2. The van der Waals surface area contributed by atoms with Crippen molar-refractivity contribution in [3.8, 4) is 0 Å². The van der Waals surface area contributed by atoms with Crippen LogP contribution in [0, 0.1) is 0 Å². The highest BCUT2D eigenvalue weighted by Crippen LogP contribution is 2.28. The summed E-state index contributed by atoms with van der Waals surface area (Å²) in [5.74, 6) is 2.12. The van der Waals surface area contributed by atoms with Gasteiger partial charge >= 0.3 is 5.97 Å². The van der Waals surface area contributed by atoms with Gasteiger partial charge in [0.25, 0.3) is 0 Å². The first kappa shape index (κ1) is 18.3. The predicted octanol–water partition coefficient (Wildman–Crippen LogP) is 1.27. The molecular formula is C19H30N6O2. The summed E-state index contributed by atoms with van der Waals surface area (Å²) in [5.41, 5.74) is 0. The van der Waals surface area contributed by atoms with E-state index in [9.17, 15) is 4.79 Å². The van der Waals surface area contributed by atoms with Crippen LogP contribution in [-0.4, -0.2) is 84.3 Å². The van der Waals surface area contributed by atoms with Crippen LogP contribution in [0.2, 0.25) is 0 Å². The van der Waals surface area contributed by atoms with Gasteiger partial charge in [-0.15, -0.1) is 0 Å². The Morgan fingerprint density at radius 1 is 0.963 bits per heavy atom. The third kappa shape index (κ3) is 4.10. The van der Waals surface area contributed by atoms with Crippen molar-refractivity contribution in [1.82, 2.24) is 14.9 Å². The SMILES string of the molecule is CC1CN(c2cc(N3CCCC3)nc(N3CCCC3)n2)CCN1CC(=O)O. The molecule has 0 radical (unpaired) electrons. The van der Waals surface area contributed by atoms with E-state index in [1.165, 1.54) is 25.7 Å². The number of piperazine rings is 1. The molecule has 3 aliphatic heterocycles. The largest absolute Gasteiger partial charge is 0.480 e. The molecule has 1 N–H and O–H groups in total.